The number of carbonyl (C=O) groups is 1. The summed E-state index contributed by atoms with van der Waals surface area (Å²) in [5.74, 6) is 1.31. The van der Waals surface area contributed by atoms with Crippen molar-refractivity contribution in [1.82, 2.24) is 10.2 Å². The Morgan fingerprint density at radius 3 is 2.74 bits per heavy atom. The van der Waals surface area contributed by atoms with E-state index < -0.39 is 0 Å². The maximum Gasteiger partial charge on any atom is 0.409 e. The van der Waals surface area contributed by atoms with Gasteiger partial charge in [0.1, 0.15) is 0 Å². The van der Waals surface area contributed by atoms with Crippen LogP contribution in [-0.4, -0.2) is 53.8 Å². The van der Waals surface area contributed by atoms with E-state index in [2.05, 4.69) is 24.0 Å². The van der Waals surface area contributed by atoms with Gasteiger partial charge in [0.25, 0.3) is 0 Å². The van der Waals surface area contributed by atoms with Gasteiger partial charge in [0.2, 0.25) is 0 Å². The second-order valence-electron chi connectivity index (χ2n) is 5.45. The van der Waals surface area contributed by atoms with Gasteiger partial charge in [-0.3, -0.25) is 0 Å². The predicted molar refractivity (Wildman–Crippen MR) is 79.7 cm³/mol. The molecule has 0 bridgehead atoms. The highest BCUT2D eigenvalue weighted by atomic mass is 32.2. The van der Waals surface area contributed by atoms with Crippen LogP contribution in [0.4, 0.5) is 4.79 Å². The normalized spacial score (nSPS) is 29.3. The molecule has 0 radical (unpaired) electrons. The molecule has 0 aromatic heterocycles. The van der Waals surface area contributed by atoms with Crippen LogP contribution in [0.25, 0.3) is 0 Å². The molecule has 2 unspecified atom stereocenters. The summed E-state index contributed by atoms with van der Waals surface area (Å²) >= 11 is 2.08. The van der Waals surface area contributed by atoms with E-state index in [4.69, 9.17) is 4.74 Å². The standard InChI is InChI=1S/C14H26N2O2S/c1-3-18-14(17)16-8-6-12(7-9-16)15-13-5-4-10-19-11(13)2/h11-13,15H,3-10H2,1-2H3. The fourth-order valence-corrected chi connectivity index (χ4v) is 4.04. The summed E-state index contributed by atoms with van der Waals surface area (Å²) in [5.41, 5.74) is 0. The van der Waals surface area contributed by atoms with Crippen molar-refractivity contribution in [1.29, 1.82) is 0 Å². The Bertz CT molecular complexity index is 293. The Morgan fingerprint density at radius 2 is 2.11 bits per heavy atom. The third kappa shape index (κ3) is 4.28. The second-order valence-corrected chi connectivity index (χ2v) is 6.94. The molecule has 2 fully saturated rings. The second kappa shape index (κ2) is 7.39. The van der Waals surface area contributed by atoms with Gasteiger partial charge in [-0.05, 0) is 38.4 Å². The Balaban J connectivity index is 1.72. The Kier molecular flexibility index (Phi) is 5.82. The Labute approximate surface area is 120 Å². The van der Waals surface area contributed by atoms with Crippen molar-refractivity contribution >= 4 is 17.9 Å². The molecule has 2 aliphatic rings. The number of nitrogens with one attached hydrogen (secondary N) is 1. The molecule has 2 heterocycles. The summed E-state index contributed by atoms with van der Waals surface area (Å²) in [6, 6.07) is 1.22. The van der Waals surface area contributed by atoms with E-state index in [1.807, 2.05) is 11.8 Å². The largest absolute Gasteiger partial charge is 0.450 e. The van der Waals surface area contributed by atoms with Gasteiger partial charge in [0, 0.05) is 30.4 Å². The number of rotatable bonds is 3. The van der Waals surface area contributed by atoms with Crippen LogP contribution in [0, 0.1) is 0 Å². The molecular formula is C14H26N2O2S. The number of amides is 1. The van der Waals surface area contributed by atoms with Crippen molar-refractivity contribution in [2.45, 2.75) is 56.9 Å². The molecule has 0 saturated carbocycles. The Hall–Kier alpha value is -0.420. The van der Waals surface area contributed by atoms with Crippen molar-refractivity contribution in [3.8, 4) is 0 Å². The molecule has 2 aliphatic heterocycles. The van der Waals surface area contributed by atoms with Gasteiger partial charge in [0.15, 0.2) is 0 Å². The van der Waals surface area contributed by atoms with Gasteiger partial charge in [-0.15, -0.1) is 0 Å². The molecule has 0 spiro atoms. The molecule has 1 amide bonds. The van der Waals surface area contributed by atoms with Crippen LogP contribution in [0.2, 0.25) is 0 Å². The lowest BCUT2D eigenvalue weighted by Crippen LogP contribution is -2.50. The zero-order valence-corrected chi connectivity index (χ0v) is 12.9. The number of hydrogen-bond acceptors (Lipinski definition) is 4. The van der Waals surface area contributed by atoms with Crippen LogP contribution in [-0.2, 0) is 4.74 Å². The van der Waals surface area contributed by atoms with Crippen LogP contribution in [0.15, 0.2) is 0 Å². The summed E-state index contributed by atoms with van der Waals surface area (Å²) < 4.78 is 5.05. The first-order valence-electron chi connectivity index (χ1n) is 7.50. The first-order chi connectivity index (χ1) is 9.20. The third-order valence-corrected chi connectivity index (χ3v) is 5.46. The molecule has 0 aliphatic carbocycles. The smallest absolute Gasteiger partial charge is 0.409 e. The Morgan fingerprint density at radius 1 is 1.37 bits per heavy atom. The van der Waals surface area contributed by atoms with Crippen molar-refractivity contribution < 1.29 is 9.53 Å². The highest BCUT2D eigenvalue weighted by Gasteiger charge is 2.28. The predicted octanol–water partition coefficient (Wildman–Crippen LogP) is 2.48. The number of thioether (sulfide) groups is 1. The number of likely N-dealkylation sites (tertiary alicyclic amines) is 1. The van der Waals surface area contributed by atoms with Crippen molar-refractivity contribution in [3.63, 3.8) is 0 Å². The average Bonchev–Trinajstić information content (AvgIpc) is 2.42. The number of piperidine rings is 1. The number of carbonyl (C=O) groups excluding carboxylic acids is 1. The van der Waals surface area contributed by atoms with Gasteiger partial charge in [0.05, 0.1) is 6.61 Å². The molecule has 4 nitrogen and oxygen atoms in total. The topological polar surface area (TPSA) is 41.6 Å². The van der Waals surface area contributed by atoms with E-state index >= 15 is 0 Å². The molecular weight excluding hydrogens is 260 g/mol. The first kappa shape index (κ1) is 15.0. The van der Waals surface area contributed by atoms with Crippen LogP contribution in [0.3, 0.4) is 0 Å². The maximum atomic E-state index is 11.6. The molecule has 19 heavy (non-hydrogen) atoms. The summed E-state index contributed by atoms with van der Waals surface area (Å²) in [6.07, 6.45) is 4.57. The highest BCUT2D eigenvalue weighted by Crippen LogP contribution is 2.26. The zero-order valence-electron chi connectivity index (χ0n) is 12.1. The summed E-state index contributed by atoms with van der Waals surface area (Å²) in [7, 11) is 0. The van der Waals surface area contributed by atoms with E-state index in [0.29, 0.717) is 18.7 Å². The van der Waals surface area contributed by atoms with Crippen LogP contribution >= 0.6 is 11.8 Å². The highest BCUT2D eigenvalue weighted by molar-refractivity contribution is 7.99. The lowest BCUT2D eigenvalue weighted by Gasteiger charge is -2.37. The molecule has 2 saturated heterocycles. The molecule has 5 heteroatoms. The lowest BCUT2D eigenvalue weighted by molar-refractivity contribution is 0.0940. The lowest BCUT2D eigenvalue weighted by atomic mass is 10.0. The van der Waals surface area contributed by atoms with Crippen molar-refractivity contribution in [3.05, 3.63) is 0 Å². The SMILES string of the molecule is CCOC(=O)N1CCC(NC2CCCSC2C)CC1. The average molecular weight is 286 g/mol. The van der Waals surface area contributed by atoms with E-state index in [0.717, 1.165) is 31.2 Å². The van der Waals surface area contributed by atoms with Gasteiger partial charge in [-0.2, -0.15) is 11.8 Å². The number of ether oxygens (including phenoxy) is 1. The molecule has 0 aromatic rings. The molecule has 1 N–H and O–H groups in total. The van der Waals surface area contributed by atoms with E-state index in [-0.39, 0.29) is 6.09 Å². The number of nitrogens with zero attached hydrogens (tertiary/aromatic N) is 1. The van der Waals surface area contributed by atoms with E-state index in [1.54, 1.807) is 0 Å². The van der Waals surface area contributed by atoms with Crippen LogP contribution in [0.5, 0.6) is 0 Å². The maximum absolute atomic E-state index is 11.6. The quantitative estimate of drug-likeness (QED) is 0.865. The molecule has 2 rings (SSSR count). The van der Waals surface area contributed by atoms with Crippen LogP contribution in [0.1, 0.15) is 39.5 Å². The summed E-state index contributed by atoms with van der Waals surface area (Å²) in [5, 5.41) is 4.52. The molecule has 2 atom stereocenters. The fraction of sp³-hybridized carbons (Fsp3) is 0.929. The van der Waals surface area contributed by atoms with Gasteiger partial charge in [-0.1, -0.05) is 6.92 Å². The molecule has 110 valence electrons. The van der Waals surface area contributed by atoms with E-state index in [9.17, 15) is 4.79 Å². The van der Waals surface area contributed by atoms with Gasteiger partial charge < -0.3 is 15.0 Å². The van der Waals surface area contributed by atoms with Gasteiger partial charge in [-0.25, -0.2) is 4.79 Å². The zero-order chi connectivity index (χ0) is 13.7. The minimum atomic E-state index is -0.150. The summed E-state index contributed by atoms with van der Waals surface area (Å²) in [4.78, 5) is 13.5. The molecule has 0 aromatic carbocycles. The van der Waals surface area contributed by atoms with Gasteiger partial charge >= 0.3 is 6.09 Å². The fourth-order valence-electron chi connectivity index (χ4n) is 2.89. The minimum Gasteiger partial charge on any atom is -0.450 e. The van der Waals surface area contributed by atoms with Crippen molar-refractivity contribution in [2.75, 3.05) is 25.4 Å². The minimum absolute atomic E-state index is 0.150. The summed E-state index contributed by atoms with van der Waals surface area (Å²) in [6.45, 7) is 6.30. The van der Waals surface area contributed by atoms with Crippen LogP contribution < -0.4 is 5.32 Å². The third-order valence-electron chi connectivity index (χ3n) is 4.08. The van der Waals surface area contributed by atoms with Crippen molar-refractivity contribution in [2.24, 2.45) is 0 Å². The monoisotopic (exact) mass is 286 g/mol. The first-order valence-corrected chi connectivity index (χ1v) is 8.55. The number of hydrogen-bond donors (Lipinski definition) is 1. The van der Waals surface area contributed by atoms with E-state index in [1.165, 1.54) is 18.6 Å².